The summed E-state index contributed by atoms with van der Waals surface area (Å²) in [4.78, 5) is 18.2. The van der Waals surface area contributed by atoms with E-state index in [1.165, 1.54) is 10.9 Å². The topological polar surface area (TPSA) is 47.4 Å². The molecule has 1 heterocycles. The lowest BCUT2D eigenvalue weighted by Gasteiger charge is -2.28. The molecule has 0 radical (unpaired) electrons. The van der Waals surface area contributed by atoms with E-state index in [0.29, 0.717) is 13.2 Å². The molecule has 0 bridgehead atoms. The Kier molecular flexibility index (Phi) is 5.37. The summed E-state index contributed by atoms with van der Waals surface area (Å²) in [5.74, 6) is 0.816. The molecule has 1 amide bonds. The van der Waals surface area contributed by atoms with Crippen LogP contribution in [-0.4, -0.2) is 39.7 Å². The molecular formula is C16H21N3O2. The minimum Gasteiger partial charge on any atom is -0.492 e. The molecule has 1 aromatic carbocycles. The molecule has 1 aromatic heterocycles. The zero-order valence-electron chi connectivity index (χ0n) is 12.5. The van der Waals surface area contributed by atoms with Crippen LogP contribution in [0.2, 0.25) is 0 Å². The van der Waals surface area contributed by atoms with E-state index < -0.39 is 0 Å². The third kappa shape index (κ3) is 4.08. The number of amides is 1. The summed E-state index contributed by atoms with van der Waals surface area (Å²) in [5, 5.41) is 0. The zero-order valence-corrected chi connectivity index (χ0v) is 12.5. The van der Waals surface area contributed by atoms with Crippen LogP contribution in [0.15, 0.2) is 49.1 Å². The van der Waals surface area contributed by atoms with Crippen molar-refractivity contribution in [3.63, 3.8) is 0 Å². The number of aromatic nitrogens is 2. The Balaban J connectivity index is 1.95. The maximum Gasteiger partial charge on any atom is 0.329 e. The van der Waals surface area contributed by atoms with Crippen LogP contribution in [0.25, 0.3) is 0 Å². The predicted octanol–water partition coefficient (Wildman–Crippen LogP) is 3.03. The number of para-hydroxylation sites is 1. The minimum absolute atomic E-state index is 0.0708. The Hall–Kier alpha value is -2.30. The highest BCUT2D eigenvalue weighted by molar-refractivity contribution is 5.76. The number of carbonyl (C=O) groups is 1. The summed E-state index contributed by atoms with van der Waals surface area (Å²) in [6.45, 7) is 5.12. The number of nitrogens with zero attached hydrogens (tertiary/aromatic N) is 3. The van der Waals surface area contributed by atoms with Gasteiger partial charge in [0.2, 0.25) is 0 Å². The van der Waals surface area contributed by atoms with E-state index in [1.807, 2.05) is 42.2 Å². The van der Waals surface area contributed by atoms with Crippen molar-refractivity contribution in [2.24, 2.45) is 0 Å². The fraction of sp³-hybridized carbons (Fsp3) is 0.375. The summed E-state index contributed by atoms with van der Waals surface area (Å²) < 4.78 is 7.17. The molecule has 0 aliphatic rings. The lowest BCUT2D eigenvalue weighted by molar-refractivity contribution is 0.161. The van der Waals surface area contributed by atoms with Gasteiger partial charge in [-0.25, -0.2) is 9.78 Å². The van der Waals surface area contributed by atoms with E-state index >= 15 is 0 Å². The molecule has 0 aliphatic carbocycles. The Morgan fingerprint density at radius 3 is 2.76 bits per heavy atom. The molecule has 112 valence electrons. The maximum absolute atomic E-state index is 12.4. The van der Waals surface area contributed by atoms with Crippen LogP contribution >= 0.6 is 0 Å². The average molecular weight is 287 g/mol. The van der Waals surface area contributed by atoms with Gasteiger partial charge in [-0.1, -0.05) is 25.1 Å². The number of rotatable bonds is 6. The molecule has 1 unspecified atom stereocenters. The largest absolute Gasteiger partial charge is 0.492 e. The molecule has 0 aliphatic heterocycles. The summed E-state index contributed by atoms with van der Waals surface area (Å²) >= 11 is 0. The van der Waals surface area contributed by atoms with Crippen LogP contribution in [0.4, 0.5) is 4.79 Å². The van der Waals surface area contributed by atoms with Crippen LogP contribution in [0.1, 0.15) is 20.3 Å². The summed E-state index contributed by atoms with van der Waals surface area (Å²) in [6, 6.07) is 9.70. The van der Waals surface area contributed by atoms with Crippen molar-refractivity contribution in [3.8, 4) is 5.75 Å². The van der Waals surface area contributed by atoms with Crippen LogP contribution in [-0.2, 0) is 0 Å². The third-order valence-electron chi connectivity index (χ3n) is 3.44. The average Bonchev–Trinajstić information content (AvgIpc) is 3.06. The molecule has 0 fully saturated rings. The van der Waals surface area contributed by atoms with E-state index in [0.717, 1.165) is 12.2 Å². The van der Waals surface area contributed by atoms with Gasteiger partial charge in [0.15, 0.2) is 0 Å². The molecule has 0 saturated carbocycles. The van der Waals surface area contributed by atoms with Crippen molar-refractivity contribution >= 4 is 6.03 Å². The van der Waals surface area contributed by atoms with Crippen molar-refractivity contribution in [1.29, 1.82) is 0 Å². The fourth-order valence-electron chi connectivity index (χ4n) is 2.02. The number of ether oxygens (including phenoxy) is 1. The van der Waals surface area contributed by atoms with Crippen molar-refractivity contribution in [3.05, 3.63) is 49.1 Å². The summed E-state index contributed by atoms with van der Waals surface area (Å²) in [5.41, 5.74) is 0. The molecule has 2 rings (SSSR count). The van der Waals surface area contributed by atoms with Crippen molar-refractivity contribution in [1.82, 2.24) is 14.5 Å². The second-order valence-corrected chi connectivity index (χ2v) is 4.86. The molecule has 0 saturated heterocycles. The van der Waals surface area contributed by atoms with Crippen LogP contribution in [0, 0.1) is 0 Å². The molecule has 0 N–H and O–H groups in total. The Labute approximate surface area is 125 Å². The van der Waals surface area contributed by atoms with E-state index in [1.54, 1.807) is 12.4 Å². The van der Waals surface area contributed by atoms with Gasteiger partial charge >= 0.3 is 6.03 Å². The predicted molar refractivity (Wildman–Crippen MR) is 81.4 cm³/mol. The third-order valence-corrected chi connectivity index (χ3v) is 3.44. The summed E-state index contributed by atoms with van der Waals surface area (Å²) in [7, 11) is 0. The maximum atomic E-state index is 12.4. The van der Waals surface area contributed by atoms with Crippen LogP contribution < -0.4 is 4.74 Å². The first-order chi connectivity index (χ1) is 10.2. The second kappa shape index (κ2) is 7.47. The van der Waals surface area contributed by atoms with Crippen LogP contribution in [0.3, 0.4) is 0 Å². The van der Waals surface area contributed by atoms with Crippen molar-refractivity contribution in [2.75, 3.05) is 13.2 Å². The van der Waals surface area contributed by atoms with Gasteiger partial charge in [-0.2, -0.15) is 0 Å². The zero-order chi connectivity index (χ0) is 15.1. The lowest BCUT2D eigenvalue weighted by atomic mass is 10.2. The number of hydrogen-bond acceptors (Lipinski definition) is 3. The first kappa shape index (κ1) is 15.1. The van der Waals surface area contributed by atoms with Gasteiger partial charge in [-0.3, -0.25) is 4.57 Å². The van der Waals surface area contributed by atoms with Crippen molar-refractivity contribution < 1.29 is 9.53 Å². The normalized spacial score (nSPS) is 11.9. The standard InChI is InChI=1S/C16H21N3O2/c1-3-14(2)19(16(20)18-10-9-17-13-18)11-12-21-15-7-5-4-6-8-15/h4-10,13-14H,3,11-12H2,1-2H3. The van der Waals surface area contributed by atoms with Gasteiger partial charge in [0.05, 0.1) is 6.54 Å². The molecule has 0 spiro atoms. The highest BCUT2D eigenvalue weighted by Crippen LogP contribution is 2.10. The number of imidazole rings is 1. The molecule has 5 heteroatoms. The van der Waals surface area contributed by atoms with Gasteiger partial charge in [-0.05, 0) is 25.5 Å². The minimum atomic E-state index is -0.0708. The van der Waals surface area contributed by atoms with Gasteiger partial charge in [-0.15, -0.1) is 0 Å². The number of carbonyl (C=O) groups excluding carboxylic acids is 1. The first-order valence-electron chi connectivity index (χ1n) is 7.19. The Morgan fingerprint density at radius 1 is 1.38 bits per heavy atom. The van der Waals surface area contributed by atoms with E-state index in [9.17, 15) is 4.79 Å². The summed E-state index contributed by atoms with van der Waals surface area (Å²) in [6.07, 6.45) is 5.68. The van der Waals surface area contributed by atoms with Gasteiger partial charge < -0.3 is 9.64 Å². The van der Waals surface area contributed by atoms with E-state index in [2.05, 4.69) is 11.9 Å². The number of benzene rings is 1. The van der Waals surface area contributed by atoms with Gasteiger partial charge in [0.1, 0.15) is 18.7 Å². The first-order valence-corrected chi connectivity index (χ1v) is 7.19. The number of hydrogen-bond donors (Lipinski definition) is 0. The highest BCUT2D eigenvalue weighted by Gasteiger charge is 2.20. The fourth-order valence-corrected chi connectivity index (χ4v) is 2.02. The Bertz CT molecular complexity index is 540. The van der Waals surface area contributed by atoms with E-state index in [-0.39, 0.29) is 12.1 Å². The van der Waals surface area contributed by atoms with Gasteiger partial charge in [0.25, 0.3) is 0 Å². The van der Waals surface area contributed by atoms with Crippen molar-refractivity contribution in [2.45, 2.75) is 26.3 Å². The quantitative estimate of drug-likeness (QED) is 0.820. The molecule has 2 aromatic rings. The molecule has 1 atom stereocenters. The van der Waals surface area contributed by atoms with E-state index in [4.69, 9.17) is 4.74 Å². The van der Waals surface area contributed by atoms with Crippen LogP contribution in [0.5, 0.6) is 5.75 Å². The Morgan fingerprint density at radius 2 is 2.14 bits per heavy atom. The molecule has 21 heavy (non-hydrogen) atoms. The second-order valence-electron chi connectivity index (χ2n) is 4.86. The molecule has 5 nitrogen and oxygen atoms in total. The lowest BCUT2D eigenvalue weighted by Crippen LogP contribution is -2.43. The smallest absolute Gasteiger partial charge is 0.329 e. The van der Waals surface area contributed by atoms with Gasteiger partial charge in [0, 0.05) is 18.4 Å². The monoisotopic (exact) mass is 287 g/mol. The molecular weight excluding hydrogens is 266 g/mol. The highest BCUT2D eigenvalue weighted by atomic mass is 16.5. The SMILES string of the molecule is CCC(C)N(CCOc1ccccc1)C(=O)n1ccnc1.